The zero-order valence-electron chi connectivity index (χ0n) is 16.3. The molecule has 0 bridgehead atoms. The van der Waals surface area contributed by atoms with Crippen molar-refractivity contribution < 1.29 is 22.8 Å². The highest BCUT2D eigenvalue weighted by atomic mass is 19.4. The van der Waals surface area contributed by atoms with Crippen molar-refractivity contribution in [2.24, 2.45) is 0 Å². The van der Waals surface area contributed by atoms with Gasteiger partial charge in [0.1, 0.15) is 12.4 Å². The van der Waals surface area contributed by atoms with E-state index in [0.717, 1.165) is 12.1 Å². The first-order valence-electron chi connectivity index (χ1n) is 9.46. The molecule has 1 aromatic heterocycles. The Morgan fingerprint density at radius 1 is 1.07 bits per heavy atom. The van der Waals surface area contributed by atoms with Crippen LogP contribution in [0.3, 0.4) is 0 Å². The molecule has 0 radical (unpaired) electrons. The average molecular weight is 418 g/mol. The molecule has 9 heteroatoms. The molecule has 30 heavy (non-hydrogen) atoms. The van der Waals surface area contributed by atoms with Crippen LogP contribution in [0.1, 0.15) is 31.2 Å². The van der Waals surface area contributed by atoms with Gasteiger partial charge in [0.2, 0.25) is 11.8 Å². The zero-order valence-corrected chi connectivity index (χ0v) is 16.3. The van der Waals surface area contributed by atoms with Crippen LogP contribution in [0.25, 0.3) is 11.0 Å². The van der Waals surface area contributed by atoms with Crippen LogP contribution in [-0.4, -0.2) is 21.4 Å². The van der Waals surface area contributed by atoms with E-state index in [9.17, 15) is 22.8 Å². The van der Waals surface area contributed by atoms with Gasteiger partial charge in [0, 0.05) is 12.1 Å². The number of hydrogen-bond donors (Lipinski definition) is 2. The van der Waals surface area contributed by atoms with Crippen LogP contribution in [0.4, 0.5) is 18.9 Å². The second-order valence-electron chi connectivity index (χ2n) is 6.76. The molecule has 0 spiro atoms. The number of carbonyl (C=O) groups is 2. The molecule has 0 aliphatic carbocycles. The number of alkyl halides is 3. The number of benzene rings is 2. The summed E-state index contributed by atoms with van der Waals surface area (Å²) in [5.41, 5.74) is 0.560. The number of halogens is 3. The molecular weight excluding hydrogens is 397 g/mol. The minimum atomic E-state index is -4.49. The summed E-state index contributed by atoms with van der Waals surface area (Å²) in [6.07, 6.45) is -3.40. The van der Waals surface area contributed by atoms with Crippen LogP contribution >= 0.6 is 0 Å². The largest absolute Gasteiger partial charge is 0.416 e. The van der Waals surface area contributed by atoms with Gasteiger partial charge in [-0.3, -0.25) is 9.59 Å². The summed E-state index contributed by atoms with van der Waals surface area (Å²) in [6.45, 7) is 1.88. The minimum absolute atomic E-state index is 0.0528. The molecule has 2 aromatic carbocycles. The maximum atomic E-state index is 12.9. The number of rotatable bonds is 7. The Morgan fingerprint density at radius 2 is 1.83 bits per heavy atom. The van der Waals surface area contributed by atoms with E-state index in [1.807, 2.05) is 13.0 Å². The van der Waals surface area contributed by atoms with Crippen molar-refractivity contribution in [1.29, 1.82) is 0 Å². The molecule has 3 rings (SSSR count). The Balaban J connectivity index is 1.79. The fourth-order valence-electron chi connectivity index (χ4n) is 3.05. The van der Waals surface area contributed by atoms with Gasteiger partial charge in [-0.05, 0) is 36.8 Å². The van der Waals surface area contributed by atoms with E-state index < -0.39 is 17.6 Å². The molecule has 0 aliphatic heterocycles. The highest BCUT2D eigenvalue weighted by Crippen LogP contribution is 2.30. The van der Waals surface area contributed by atoms with Crippen molar-refractivity contribution in [3.05, 3.63) is 59.9 Å². The molecule has 1 heterocycles. The van der Waals surface area contributed by atoms with Crippen molar-refractivity contribution in [2.45, 2.75) is 39.0 Å². The van der Waals surface area contributed by atoms with Gasteiger partial charge in [-0.15, -0.1) is 0 Å². The van der Waals surface area contributed by atoms with Crippen molar-refractivity contribution in [2.75, 3.05) is 5.32 Å². The third-order valence-corrected chi connectivity index (χ3v) is 4.43. The van der Waals surface area contributed by atoms with Gasteiger partial charge in [-0.25, -0.2) is 4.98 Å². The third-order valence-electron chi connectivity index (χ3n) is 4.43. The van der Waals surface area contributed by atoms with E-state index in [4.69, 9.17) is 0 Å². The van der Waals surface area contributed by atoms with E-state index in [2.05, 4.69) is 15.6 Å². The van der Waals surface area contributed by atoms with Crippen molar-refractivity contribution in [1.82, 2.24) is 14.9 Å². The van der Waals surface area contributed by atoms with Crippen molar-refractivity contribution in [3.63, 3.8) is 0 Å². The number of nitrogens with zero attached hydrogens (tertiary/aromatic N) is 2. The fourth-order valence-corrected chi connectivity index (χ4v) is 3.05. The summed E-state index contributed by atoms with van der Waals surface area (Å²) < 4.78 is 40.3. The Bertz CT molecular complexity index is 1060. The number of carbonyl (C=O) groups excluding carboxylic acids is 2. The second kappa shape index (κ2) is 8.98. The Hall–Kier alpha value is -3.36. The molecule has 158 valence electrons. The summed E-state index contributed by atoms with van der Waals surface area (Å²) in [7, 11) is 0. The van der Waals surface area contributed by atoms with Crippen LogP contribution < -0.4 is 10.6 Å². The third kappa shape index (κ3) is 5.16. The van der Waals surface area contributed by atoms with Crippen LogP contribution in [0, 0.1) is 0 Å². The highest BCUT2D eigenvalue weighted by molar-refractivity contribution is 5.92. The van der Waals surface area contributed by atoms with Gasteiger partial charge in [-0.2, -0.15) is 13.2 Å². The van der Waals surface area contributed by atoms with Crippen molar-refractivity contribution in [3.8, 4) is 0 Å². The van der Waals surface area contributed by atoms with E-state index >= 15 is 0 Å². The van der Waals surface area contributed by atoms with E-state index in [-0.39, 0.29) is 24.7 Å². The Morgan fingerprint density at radius 3 is 2.57 bits per heavy atom. The van der Waals surface area contributed by atoms with Crippen LogP contribution in [0.2, 0.25) is 0 Å². The average Bonchev–Trinajstić information content (AvgIpc) is 3.03. The van der Waals surface area contributed by atoms with Gasteiger partial charge in [0.05, 0.1) is 23.1 Å². The molecule has 0 unspecified atom stereocenters. The number of anilines is 1. The lowest BCUT2D eigenvalue weighted by molar-refractivity contribution is -0.137. The first-order valence-corrected chi connectivity index (χ1v) is 9.46. The monoisotopic (exact) mass is 418 g/mol. The van der Waals surface area contributed by atoms with Crippen LogP contribution in [0.15, 0.2) is 48.5 Å². The number of aromatic nitrogens is 2. The number of nitrogens with one attached hydrogen (secondary N) is 2. The standard InChI is InChI=1S/C21H21F3N4O2/c1-2-6-19(29)25-12-18-27-16-9-3-4-10-17(16)28(18)13-20(30)26-15-8-5-7-14(11-15)21(22,23)24/h3-5,7-11H,2,6,12-13H2,1H3,(H,25,29)(H,26,30). The number of amides is 2. The van der Waals surface area contributed by atoms with Crippen molar-refractivity contribution >= 4 is 28.5 Å². The summed E-state index contributed by atoms with van der Waals surface area (Å²) >= 11 is 0. The fraction of sp³-hybridized carbons (Fsp3) is 0.286. The lowest BCUT2D eigenvalue weighted by Crippen LogP contribution is -2.26. The Labute approximate surface area is 171 Å². The zero-order chi connectivity index (χ0) is 21.7. The summed E-state index contributed by atoms with van der Waals surface area (Å²) in [6, 6.07) is 11.6. The first-order chi connectivity index (χ1) is 14.3. The molecule has 6 nitrogen and oxygen atoms in total. The molecule has 0 fully saturated rings. The molecule has 0 atom stereocenters. The van der Waals surface area contributed by atoms with Gasteiger partial charge in [-0.1, -0.05) is 25.1 Å². The first kappa shape index (κ1) is 21.4. The topological polar surface area (TPSA) is 76.0 Å². The smallest absolute Gasteiger partial charge is 0.349 e. The van der Waals surface area contributed by atoms with E-state index in [1.54, 1.807) is 22.8 Å². The predicted molar refractivity (Wildman–Crippen MR) is 107 cm³/mol. The molecule has 0 saturated heterocycles. The number of hydrogen-bond acceptors (Lipinski definition) is 3. The molecule has 2 N–H and O–H groups in total. The summed E-state index contributed by atoms with van der Waals surface area (Å²) in [4.78, 5) is 28.8. The van der Waals surface area contributed by atoms with Crippen LogP contribution in [-0.2, 0) is 28.9 Å². The second-order valence-corrected chi connectivity index (χ2v) is 6.76. The quantitative estimate of drug-likeness (QED) is 0.606. The molecule has 0 saturated carbocycles. The lowest BCUT2D eigenvalue weighted by Gasteiger charge is -2.12. The SMILES string of the molecule is CCCC(=O)NCc1nc2ccccc2n1CC(=O)Nc1cccc(C(F)(F)F)c1. The minimum Gasteiger partial charge on any atom is -0.349 e. The van der Waals surface area contributed by atoms with E-state index in [1.165, 1.54) is 12.1 Å². The molecule has 2 amide bonds. The highest BCUT2D eigenvalue weighted by Gasteiger charge is 2.30. The van der Waals surface area contributed by atoms with Gasteiger partial charge >= 0.3 is 6.18 Å². The maximum Gasteiger partial charge on any atom is 0.416 e. The van der Waals surface area contributed by atoms with Crippen LogP contribution in [0.5, 0.6) is 0 Å². The molecule has 0 aliphatic rings. The number of fused-ring (bicyclic) bond motifs is 1. The van der Waals surface area contributed by atoms with Gasteiger partial charge in [0.15, 0.2) is 0 Å². The van der Waals surface area contributed by atoms with E-state index in [0.29, 0.717) is 29.7 Å². The molecular formula is C21H21F3N4O2. The predicted octanol–water partition coefficient (Wildman–Crippen LogP) is 4.11. The normalized spacial score (nSPS) is 11.5. The number of imidazole rings is 1. The number of para-hydroxylation sites is 2. The summed E-state index contributed by atoms with van der Waals surface area (Å²) in [5, 5.41) is 5.26. The summed E-state index contributed by atoms with van der Waals surface area (Å²) in [5.74, 6) is -0.136. The van der Waals surface area contributed by atoms with Gasteiger partial charge < -0.3 is 15.2 Å². The lowest BCUT2D eigenvalue weighted by atomic mass is 10.2. The molecule has 3 aromatic rings. The Kier molecular flexibility index (Phi) is 6.39. The maximum absolute atomic E-state index is 12.9. The van der Waals surface area contributed by atoms with Gasteiger partial charge in [0.25, 0.3) is 0 Å².